The van der Waals surface area contributed by atoms with Crippen LogP contribution in [-0.4, -0.2) is 27.9 Å². The number of aromatic nitrogens is 2. The number of alkyl halides is 3. The quantitative estimate of drug-likeness (QED) is 0.575. The monoisotopic (exact) mass is 437 g/mol. The standard InChI is InChI=1S/C21H19ClF3N3O2/c22-14-6-8-16(9-7-14)28-18(19-5-2-10-30-19)12-17(27-28)20(29)26-15-4-1-3-13(11-15)21(23,24)25/h2,5-10,12-13,15H,1,3-4,11H2,(H,26,29). The molecule has 0 bridgehead atoms. The van der Waals surface area contributed by atoms with Gasteiger partial charge in [0.25, 0.3) is 5.91 Å². The van der Waals surface area contributed by atoms with E-state index in [9.17, 15) is 18.0 Å². The lowest BCUT2D eigenvalue weighted by molar-refractivity contribution is -0.183. The highest BCUT2D eigenvalue weighted by atomic mass is 35.5. The van der Waals surface area contributed by atoms with Crippen LogP contribution in [0.1, 0.15) is 36.2 Å². The van der Waals surface area contributed by atoms with Gasteiger partial charge in [0.05, 0.1) is 17.9 Å². The van der Waals surface area contributed by atoms with Gasteiger partial charge >= 0.3 is 6.18 Å². The highest BCUT2D eigenvalue weighted by molar-refractivity contribution is 6.30. The second kappa shape index (κ2) is 8.18. The van der Waals surface area contributed by atoms with Crippen molar-refractivity contribution in [3.63, 3.8) is 0 Å². The summed E-state index contributed by atoms with van der Waals surface area (Å²) in [5, 5.41) is 7.65. The van der Waals surface area contributed by atoms with Gasteiger partial charge in [-0.1, -0.05) is 18.0 Å². The van der Waals surface area contributed by atoms with E-state index in [0.29, 0.717) is 35.0 Å². The van der Waals surface area contributed by atoms with Crippen molar-refractivity contribution < 1.29 is 22.4 Å². The molecule has 2 unspecified atom stereocenters. The molecule has 1 fully saturated rings. The van der Waals surface area contributed by atoms with E-state index in [0.717, 1.165) is 0 Å². The second-order valence-electron chi connectivity index (χ2n) is 7.36. The highest BCUT2D eigenvalue weighted by Crippen LogP contribution is 2.37. The van der Waals surface area contributed by atoms with E-state index < -0.39 is 24.0 Å². The first kappa shape index (κ1) is 20.5. The smallest absolute Gasteiger partial charge is 0.391 e. The lowest BCUT2D eigenvalue weighted by Crippen LogP contribution is -2.41. The fourth-order valence-electron chi connectivity index (χ4n) is 3.75. The molecule has 2 heterocycles. The van der Waals surface area contributed by atoms with Gasteiger partial charge in [0, 0.05) is 17.1 Å². The predicted octanol–water partition coefficient (Wildman–Crippen LogP) is 5.64. The topological polar surface area (TPSA) is 60.1 Å². The molecule has 2 aromatic heterocycles. The van der Waals surface area contributed by atoms with Gasteiger partial charge in [0.15, 0.2) is 11.5 Å². The first-order valence-corrected chi connectivity index (χ1v) is 9.96. The Morgan fingerprint density at radius 2 is 1.97 bits per heavy atom. The van der Waals surface area contributed by atoms with E-state index in [1.165, 1.54) is 6.26 Å². The van der Waals surface area contributed by atoms with Crippen LogP contribution in [-0.2, 0) is 0 Å². The summed E-state index contributed by atoms with van der Waals surface area (Å²) in [7, 11) is 0. The van der Waals surface area contributed by atoms with Gasteiger partial charge in [-0.15, -0.1) is 0 Å². The summed E-state index contributed by atoms with van der Waals surface area (Å²) in [6.07, 6.45) is -1.81. The normalized spacial score (nSPS) is 19.6. The van der Waals surface area contributed by atoms with Crippen LogP contribution < -0.4 is 5.32 Å². The number of hydrogen-bond acceptors (Lipinski definition) is 3. The fourth-order valence-corrected chi connectivity index (χ4v) is 3.87. The van der Waals surface area contributed by atoms with E-state index in [4.69, 9.17) is 16.0 Å². The molecular weight excluding hydrogens is 419 g/mol. The third-order valence-electron chi connectivity index (χ3n) is 5.26. The molecule has 5 nitrogen and oxygen atoms in total. The number of carbonyl (C=O) groups excluding carboxylic acids is 1. The summed E-state index contributed by atoms with van der Waals surface area (Å²) in [6, 6.07) is 11.4. The molecule has 4 rings (SSSR count). The molecule has 0 saturated heterocycles. The summed E-state index contributed by atoms with van der Waals surface area (Å²) >= 11 is 5.95. The molecule has 1 saturated carbocycles. The zero-order chi connectivity index (χ0) is 21.3. The summed E-state index contributed by atoms with van der Waals surface area (Å²) in [5.74, 6) is -1.39. The number of carbonyl (C=O) groups is 1. The van der Waals surface area contributed by atoms with E-state index in [1.54, 1.807) is 47.1 Å². The van der Waals surface area contributed by atoms with Crippen molar-refractivity contribution in [2.45, 2.75) is 37.9 Å². The van der Waals surface area contributed by atoms with Crippen LogP contribution in [0, 0.1) is 5.92 Å². The van der Waals surface area contributed by atoms with Crippen molar-refractivity contribution >= 4 is 17.5 Å². The van der Waals surface area contributed by atoms with Crippen molar-refractivity contribution in [2.24, 2.45) is 5.92 Å². The highest BCUT2D eigenvalue weighted by Gasteiger charge is 2.42. The molecule has 1 aliphatic carbocycles. The Bertz CT molecular complexity index is 1010. The number of amides is 1. The fraction of sp³-hybridized carbons (Fsp3) is 0.333. The maximum atomic E-state index is 13.1. The van der Waals surface area contributed by atoms with E-state index in [-0.39, 0.29) is 18.5 Å². The lowest BCUT2D eigenvalue weighted by atomic mass is 9.85. The maximum Gasteiger partial charge on any atom is 0.391 e. The lowest BCUT2D eigenvalue weighted by Gasteiger charge is -2.30. The van der Waals surface area contributed by atoms with Gasteiger partial charge in [-0.2, -0.15) is 18.3 Å². The number of nitrogens with zero attached hydrogens (tertiary/aromatic N) is 2. The van der Waals surface area contributed by atoms with Crippen LogP contribution in [0.15, 0.2) is 53.1 Å². The SMILES string of the molecule is O=C(NC1CCCC(C(F)(F)F)C1)c1cc(-c2ccco2)n(-c2ccc(Cl)cc2)n1. The van der Waals surface area contributed by atoms with Crippen molar-refractivity contribution in [1.82, 2.24) is 15.1 Å². The minimum atomic E-state index is -4.24. The number of hydrogen-bond donors (Lipinski definition) is 1. The minimum Gasteiger partial charge on any atom is -0.463 e. The molecule has 1 N–H and O–H groups in total. The Balaban J connectivity index is 1.59. The third kappa shape index (κ3) is 4.38. The number of rotatable bonds is 4. The van der Waals surface area contributed by atoms with Gasteiger partial charge in [-0.05, 0) is 55.7 Å². The molecule has 2 atom stereocenters. The van der Waals surface area contributed by atoms with Crippen LogP contribution in [0.5, 0.6) is 0 Å². The number of halogens is 4. The van der Waals surface area contributed by atoms with Gasteiger partial charge in [0.1, 0.15) is 5.69 Å². The summed E-state index contributed by atoms with van der Waals surface area (Å²) in [5.41, 5.74) is 1.31. The molecule has 0 aliphatic heterocycles. The minimum absolute atomic E-state index is 0.101. The molecular formula is C21H19ClF3N3O2. The summed E-state index contributed by atoms with van der Waals surface area (Å²) in [6.45, 7) is 0. The van der Waals surface area contributed by atoms with E-state index >= 15 is 0 Å². The van der Waals surface area contributed by atoms with Crippen LogP contribution in [0.25, 0.3) is 17.1 Å². The van der Waals surface area contributed by atoms with Crippen molar-refractivity contribution in [3.8, 4) is 17.1 Å². The average molecular weight is 438 g/mol. The Morgan fingerprint density at radius 3 is 2.63 bits per heavy atom. The van der Waals surface area contributed by atoms with Crippen LogP contribution in [0.3, 0.4) is 0 Å². The van der Waals surface area contributed by atoms with E-state index in [2.05, 4.69) is 10.4 Å². The predicted molar refractivity (Wildman–Crippen MR) is 106 cm³/mol. The van der Waals surface area contributed by atoms with Gasteiger partial charge in [-0.3, -0.25) is 4.79 Å². The van der Waals surface area contributed by atoms with Crippen molar-refractivity contribution in [2.75, 3.05) is 0 Å². The average Bonchev–Trinajstić information content (AvgIpc) is 3.38. The molecule has 9 heteroatoms. The zero-order valence-corrected chi connectivity index (χ0v) is 16.6. The van der Waals surface area contributed by atoms with Gasteiger partial charge < -0.3 is 9.73 Å². The Hall–Kier alpha value is -2.74. The molecule has 3 aromatic rings. The van der Waals surface area contributed by atoms with Crippen molar-refractivity contribution in [3.05, 3.63) is 59.4 Å². The number of nitrogens with one attached hydrogen (secondary N) is 1. The first-order chi connectivity index (χ1) is 14.3. The summed E-state index contributed by atoms with van der Waals surface area (Å²) < 4.78 is 46.2. The molecule has 30 heavy (non-hydrogen) atoms. The van der Waals surface area contributed by atoms with Gasteiger partial charge in [-0.25, -0.2) is 4.68 Å². The van der Waals surface area contributed by atoms with Crippen LogP contribution >= 0.6 is 11.6 Å². The largest absolute Gasteiger partial charge is 0.463 e. The Morgan fingerprint density at radius 1 is 1.20 bits per heavy atom. The van der Waals surface area contributed by atoms with Crippen LogP contribution in [0.4, 0.5) is 13.2 Å². The Labute approximate surface area is 175 Å². The molecule has 158 valence electrons. The zero-order valence-electron chi connectivity index (χ0n) is 15.8. The van der Waals surface area contributed by atoms with Gasteiger partial charge in [0.2, 0.25) is 0 Å². The van der Waals surface area contributed by atoms with E-state index in [1.807, 2.05) is 0 Å². The first-order valence-electron chi connectivity index (χ1n) is 9.59. The van der Waals surface area contributed by atoms with Crippen LogP contribution in [0.2, 0.25) is 5.02 Å². The molecule has 1 aliphatic rings. The second-order valence-corrected chi connectivity index (χ2v) is 7.79. The molecule has 1 amide bonds. The maximum absolute atomic E-state index is 13.1. The molecule has 1 aromatic carbocycles. The molecule has 0 radical (unpaired) electrons. The Kier molecular flexibility index (Phi) is 5.60. The summed E-state index contributed by atoms with van der Waals surface area (Å²) in [4.78, 5) is 12.8. The third-order valence-corrected chi connectivity index (χ3v) is 5.51. The van der Waals surface area contributed by atoms with Crippen molar-refractivity contribution in [1.29, 1.82) is 0 Å². The molecule has 0 spiro atoms. The number of benzene rings is 1. The number of furan rings is 1.